The Hall–Kier alpha value is -1.43. The summed E-state index contributed by atoms with van der Waals surface area (Å²) in [6.07, 6.45) is 1.63. The normalized spacial score (nSPS) is 23.1. The molecule has 0 aliphatic carbocycles. The first-order valence-corrected chi connectivity index (χ1v) is 7.33. The number of fused-ring (bicyclic) bond motifs is 1. The number of aromatic nitrogens is 2. The number of nitrogens with zero attached hydrogens (tertiary/aromatic N) is 2. The lowest BCUT2D eigenvalue weighted by atomic mass is 9.78. The van der Waals surface area contributed by atoms with Gasteiger partial charge in [-0.25, -0.2) is 4.39 Å². The second-order valence-electron chi connectivity index (χ2n) is 5.45. The number of aryl methyl sites for hydroxylation is 1. The zero-order chi connectivity index (χ0) is 14.5. The molecule has 1 aromatic heterocycles. The fourth-order valence-electron chi connectivity index (χ4n) is 2.84. The van der Waals surface area contributed by atoms with E-state index in [0.29, 0.717) is 22.1 Å². The second-order valence-corrected chi connectivity index (χ2v) is 6.30. The molecule has 3 rings (SSSR count). The minimum absolute atomic E-state index is 0.0351. The molecular weight excluding hydrogens is 325 g/mol. The maximum atomic E-state index is 13.8. The summed E-state index contributed by atoms with van der Waals surface area (Å²) in [5.41, 5.74) is 0.768. The summed E-state index contributed by atoms with van der Waals surface area (Å²) in [6, 6.07) is 3.15. The molecule has 1 N–H and O–H groups in total. The van der Waals surface area contributed by atoms with E-state index in [1.54, 1.807) is 17.8 Å². The van der Waals surface area contributed by atoms with Crippen molar-refractivity contribution in [3.05, 3.63) is 28.1 Å². The van der Waals surface area contributed by atoms with Crippen LogP contribution in [0.4, 0.5) is 4.39 Å². The molecule has 1 amide bonds. The third-order valence-electron chi connectivity index (χ3n) is 4.06. The highest BCUT2D eigenvalue weighted by molar-refractivity contribution is 9.10. The molecule has 0 saturated carbocycles. The summed E-state index contributed by atoms with van der Waals surface area (Å²) in [6.45, 7) is 2.57. The maximum absolute atomic E-state index is 13.8. The fourth-order valence-corrected chi connectivity index (χ4v) is 3.17. The molecule has 2 aromatic rings. The highest BCUT2D eigenvalue weighted by Crippen LogP contribution is 2.36. The van der Waals surface area contributed by atoms with Gasteiger partial charge in [0, 0.05) is 19.0 Å². The molecule has 0 radical (unpaired) electrons. The van der Waals surface area contributed by atoms with Crippen molar-refractivity contribution in [2.75, 3.05) is 6.54 Å². The van der Waals surface area contributed by atoms with Crippen LogP contribution in [0.15, 0.2) is 16.6 Å². The zero-order valence-corrected chi connectivity index (χ0v) is 12.9. The van der Waals surface area contributed by atoms with Crippen molar-refractivity contribution in [2.24, 2.45) is 7.05 Å². The van der Waals surface area contributed by atoms with Gasteiger partial charge in [0.2, 0.25) is 5.91 Å². The number of benzene rings is 1. The van der Waals surface area contributed by atoms with Gasteiger partial charge in [-0.3, -0.25) is 9.48 Å². The van der Waals surface area contributed by atoms with E-state index in [2.05, 4.69) is 26.3 Å². The summed E-state index contributed by atoms with van der Waals surface area (Å²) in [4.78, 5) is 12.3. The molecule has 20 heavy (non-hydrogen) atoms. The van der Waals surface area contributed by atoms with Crippen molar-refractivity contribution in [1.29, 1.82) is 0 Å². The molecule has 1 fully saturated rings. The number of carbonyl (C=O) groups is 1. The molecule has 0 bridgehead atoms. The molecule has 6 heteroatoms. The molecule has 1 aliphatic rings. The van der Waals surface area contributed by atoms with Crippen LogP contribution in [-0.2, 0) is 17.3 Å². The lowest BCUT2D eigenvalue weighted by molar-refractivity contribution is -0.128. The van der Waals surface area contributed by atoms with E-state index in [-0.39, 0.29) is 11.7 Å². The number of halogens is 2. The molecule has 1 aromatic carbocycles. The van der Waals surface area contributed by atoms with Gasteiger partial charge in [0.25, 0.3) is 0 Å². The number of piperidine rings is 1. The van der Waals surface area contributed by atoms with Gasteiger partial charge in [-0.05, 0) is 47.8 Å². The smallest absolute Gasteiger partial charge is 0.232 e. The first-order valence-electron chi connectivity index (χ1n) is 6.54. The van der Waals surface area contributed by atoms with Crippen molar-refractivity contribution in [1.82, 2.24) is 15.1 Å². The Morgan fingerprint density at radius 3 is 2.95 bits per heavy atom. The minimum atomic E-state index is -0.696. The maximum Gasteiger partial charge on any atom is 0.232 e. The summed E-state index contributed by atoms with van der Waals surface area (Å²) in [7, 11) is 1.81. The molecule has 1 saturated heterocycles. The number of carbonyl (C=O) groups excluding carboxylic acids is 1. The molecule has 106 valence electrons. The third-order valence-corrected chi connectivity index (χ3v) is 4.66. The van der Waals surface area contributed by atoms with Crippen LogP contribution >= 0.6 is 15.9 Å². The van der Waals surface area contributed by atoms with Crippen LogP contribution in [0.1, 0.15) is 25.5 Å². The molecule has 1 unspecified atom stereocenters. The van der Waals surface area contributed by atoms with Gasteiger partial charge < -0.3 is 5.32 Å². The van der Waals surface area contributed by atoms with Gasteiger partial charge in [0.05, 0.1) is 21.1 Å². The second kappa shape index (κ2) is 4.55. The quantitative estimate of drug-likeness (QED) is 0.868. The zero-order valence-electron chi connectivity index (χ0n) is 11.3. The van der Waals surface area contributed by atoms with E-state index in [1.807, 2.05) is 6.92 Å². The predicted molar refractivity (Wildman–Crippen MR) is 78.0 cm³/mol. The van der Waals surface area contributed by atoms with Gasteiger partial charge in [0.15, 0.2) is 0 Å². The average molecular weight is 340 g/mol. The molecule has 2 heterocycles. The minimum Gasteiger partial charge on any atom is -0.355 e. The lowest BCUT2D eigenvalue weighted by Crippen LogP contribution is -2.47. The topological polar surface area (TPSA) is 46.9 Å². The average Bonchev–Trinajstić information content (AvgIpc) is 2.72. The predicted octanol–water partition coefficient (Wildman–Crippen LogP) is 2.64. The van der Waals surface area contributed by atoms with Crippen LogP contribution in [0.5, 0.6) is 0 Å². The summed E-state index contributed by atoms with van der Waals surface area (Å²) >= 11 is 3.19. The van der Waals surface area contributed by atoms with Crippen LogP contribution in [0.3, 0.4) is 0 Å². The van der Waals surface area contributed by atoms with Crippen molar-refractivity contribution in [3.63, 3.8) is 0 Å². The van der Waals surface area contributed by atoms with Gasteiger partial charge in [-0.1, -0.05) is 0 Å². The van der Waals surface area contributed by atoms with E-state index >= 15 is 0 Å². The first kappa shape index (κ1) is 13.5. The standard InChI is InChI=1S/C14H15BrFN3O/c1-14(4-3-5-17-13(14)20)12-8-6-10(16)9(15)7-11(8)19(2)18-12/h6-7H,3-5H2,1-2H3,(H,17,20). The SMILES string of the molecule is Cn1nc(C2(C)CCCNC2=O)c2cc(F)c(Br)cc21. The Morgan fingerprint density at radius 1 is 1.50 bits per heavy atom. The van der Waals surface area contributed by atoms with Crippen LogP contribution < -0.4 is 5.32 Å². The Balaban J connectivity index is 2.26. The molecule has 1 atom stereocenters. The first-order chi connectivity index (χ1) is 9.43. The highest BCUT2D eigenvalue weighted by Gasteiger charge is 2.41. The van der Waals surface area contributed by atoms with Gasteiger partial charge in [-0.15, -0.1) is 0 Å². The van der Waals surface area contributed by atoms with Gasteiger partial charge in [0.1, 0.15) is 5.82 Å². The van der Waals surface area contributed by atoms with Crippen LogP contribution in [0, 0.1) is 5.82 Å². The van der Waals surface area contributed by atoms with Crippen LogP contribution in [0.25, 0.3) is 10.9 Å². The van der Waals surface area contributed by atoms with E-state index in [4.69, 9.17) is 0 Å². The van der Waals surface area contributed by atoms with E-state index in [0.717, 1.165) is 18.4 Å². The number of hydrogen-bond acceptors (Lipinski definition) is 2. The largest absolute Gasteiger partial charge is 0.355 e. The Kier molecular flexibility index (Phi) is 3.08. The number of nitrogens with one attached hydrogen (secondary N) is 1. The Bertz CT molecular complexity index is 712. The van der Waals surface area contributed by atoms with Crippen molar-refractivity contribution in [2.45, 2.75) is 25.2 Å². The van der Waals surface area contributed by atoms with E-state index < -0.39 is 5.41 Å². The van der Waals surface area contributed by atoms with E-state index in [9.17, 15) is 9.18 Å². The molecule has 0 spiro atoms. The lowest BCUT2D eigenvalue weighted by Gasteiger charge is -2.31. The van der Waals surface area contributed by atoms with Crippen molar-refractivity contribution < 1.29 is 9.18 Å². The number of amides is 1. The molecule has 1 aliphatic heterocycles. The molecule has 4 nitrogen and oxygen atoms in total. The van der Waals surface area contributed by atoms with Gasteiger partial charge in [-0.2, -0.15) is 5.10 Å². The van der Waals surface area contributed by atoms with Crippen LogP contribution in [-0.4, -0.2) is 22.2 Å². The monoisotopic (exact) mass is 339 g/mol. The van der Waals surface area contributed by atoms with Crippen molar-refractivity contribution >= 4 is 32.7 Å². The van der Waals surface area contributed by atoms with Gasteiger partial charge >= 0.3 is 0 Å². The Morgan fingerprint density at radius 2 is 2.25 bits per heavy atom. The summed E-state index contributed by atoms with van der Waals surface area (Å²) in [5, 5.41) is 8.07. The fraction of sp³-hybridized carbons (Fsp3) is 0.429. The summed E-state index contributed by atoms with van der Waals surface area (Å²) in [5.74, 6) is -0.376. The number of rotatable bonds is 1. The highest BCUT2D eigenvalue weighted by atomic mass is 79.9. The van der Waals surface area contributed by atoms with Crippen molar-refractivity contribution in [3.8, 4) is 0 Å². The van der Waals surface area contributed by atoms with Crippen LogP contribution in [0.2, 0.25) is 0 Å². The van der Waals surface area contributed by atoms with E-state index in [1.165, 1.54) is 6.07 Å². The number of hydrogen-bond donors (Lipinski definition) is 1. The summed E-state index contributed by atoms with van der Waals surface area (Å²) < 4.78 is 15.9. The molecular formula is C14H15BrFN3O. The Labute approximate surface area is 124 Å². The third kappa shape index (κ3) is 1.85.